The monoisotopic (exact) mass is 574 g/mol. The third-order valence-electron chi connectivity index (χ3n) is 10.2. The molecule has 0 heterocycles. The maximum atomic E-state index is 17.5. The first-order valence-corrected chi connectivity index (χ1v) is 14.6. The molecular weight excluding hydrogens is 538 g/mol. The van der Waals surface area contributed by atoms with Crippen LogP contribution < -0.4 is 0 Å². The molecule has 9 heteroatoms. The summed E-state index contributed by atoms with van der Waals surface area (Å²) >= 11 is 0.602. The maximum absolute atomic E-state index is 17.5. The average Bonchev–Trinajstić information content (AvgIpc) is 3.14. The van der Waals surface area contributed by atoms with Crippen LogP contribution in [0.15, 0.2) is 54.1 Å². The molecule has 0 radical (unpaired) electrons. The minimum Gasteiger partial charge on any atom is -0.449 e. The van der Waals surface area contributed by atoms with Gasteiger partial charge >= 0.3 is 5.97 Å². The lowest BCUT2D eigenvalue weighted by Crippen LogP contribution is -2.70. The number of rotatable bonds is 6. The van der Waals surface area contributed by atoms with Gasteiger partial charge in [-0.2, -0.15) is 0 Å². The van der Waals surface area contributed by atoms with Gasteiger partial charge in [-0.1, -0.05) is 57.2 Å². The van der Waals surface area contributed by atoms with E-state index in [0.29, 0.717) is 18.5 Å². The molecule has 9 atom stereocenters. The van der Waals surface area contributed by atoms with E-state index in [1.807, 2.05) is 30.3 Å². The van der Waals surface area contributed by atoms with Crippen molar-refractivity contribution in [1.82, 2.24) is 0 Å². The van der Waals surface area contributed by atoms with Crippen molar-refractivity contribution >= 4 is 28.9 Å². The molecule has 0 amide bonds. The highest BCUT2D eigenvalue weighted by Crippen LogP contribution is 2.72. The molecule has 2 unspecified atom stereocenters. The van der Waals surface area contributed by atoms with Gasteiger partial charge in [-0.05, 0) is 55.4 Å². The molecule has 40 heavy (non-hydrogen) atoms. The Hall–Kier alpha value is -2.36. The van der Waals surface area contributed by atoms with Crippen LogP contribution in [0.2, 0.25) is 0 Å². The van der Waals surface area contributed by atoms with Crippen molar-refractivity contribution in [3.8, 4) is 0 Å². The number of carbonyl (C=O) groups is 3. The van der Waals surface area contributed by atoms with Crippen LogP contribution in [0.25, 0.3) is 0 Å². The van der Waals surface area contributed by atoms with Crippen LogP contribution in [-0.4, -0.2) is 45.5 Å². The molecule has 4 aliphatic carbocycles. The first kappa shape index (κ1) is 29.1. The Labute approximate surface area is 237 Å². The van der Waals surface area contributed by atoms with Gasteiger partial charge in [0.2, 0.25) is 0 Å². The fourth-order valence-electron chi connectivity index (χ4n) is 8.26. The van der Waals surface area contributed by atoms with Crippen molar-refractivity contribution < 1.29 is 37.2 Å². The maximum Gasteiger partial charge on any atom is 0.306 e. The van der Waals surface area contributed by atoms with E-state index in [4.69, 9.17) is 8.92 Å². The highest BCUT2D eigenvalue weighted by molar-refractivity contribution is 8.09. The Kier molecular flexibility index (Phi) is 7.41. The van der Waals surface area contributed by atoms with E-state index < -0.39 is 69.0 Å². The van der Waals surface area contributed by atoms with Crippen LogP contribution in [0.5, 0.6) is 0 Å². The zero-order chi connectivity index (χ0) is 29.1. The number of ether oxygens (including phenoxy) is 1. The minimum absolute atomic E-state index is 0.0225. The number of hydrogen-bond donors (Lipinski definition) is 1. The van der Waals surface area contributed by atoms with Crippen molar-refractivity contribution in [1.29, 1.82) is 0 Å². The standard InChI is InChI=1S/C31H36F2O6S/c1-5-26(36)39-31(27(37)40-38-17-19-9-7-6-8-10-19)18(2)13-21-22-15-24(32)23-14-20(34)11-12-28(23,3)30(22,33)25(35)16-29(21,31)4/h6-12,14,18,21-22,24-25,35H,5,13,15-17H2,1-4H3/t18-,21?,22?,24+,25+,28+,29+,30+,31+/m1/s1. The van der Waals surface area contributed by atoms with Gasteiger partial charge in [-0.25, -0.2) is 8.78 Å². The van der Waals surface area contributed by atoms with Gasteiger partial charge < -0.3 is 14.0 Å². The van der Waals surface area contributed by atoms with Gasteiger partial charge in [0.05, 0.1) is 24.8 Å². The summed E-state index contributed by atoms with van der Waals surface area (Å²) in [4.78, 5) is 39.0. The number of aliphatic hydroxyl groups is 1. The molecule has 1 aromatic carbocycles. The molecule has 3 saturated carbocycles. The first-order valence-electron chi connectivity index (χ1n) is 13.9. The Bertz CT molecular complexity index is 1270. The second kappa shape index (κ2) is 10.2. The summed E-state index contributed by atoms with van der Waals surface area (Å²) in [7, 11) is 0. The number of ketones is 1. The lowest BCUT2D eigenvalue weighted by atomic mass is 9.44. The van der Waals surface area contributed by atoms with Gasteiger partial charge in [-0.3, -0.25) is 14.4 Å². The molecule has 0 spiro atoms. The summed E-state index contributed by atoms with van der Waals surface area (Å²) in [5.41, 5.74) is -5.83. The second-order valence-corrected chi connectivity index (χ2v) is 13.0. The number of aliphatic hydroxyl groups excluding tert-OH is 1. The highest BCUT2D eigenvalue weighted by Gasteiger charge is 2.78. The van der Waals surface area contributed by atoms with E-state index in [0.717, 1.165) is 11.6 Å². The summed E-state index contributed by atoms with van der Waals surface area (Å²) in [6, 6.07) is 9.30. The molecular formula is C31H36F2O6S. The molecule has 0 saturated heterocycles. The lowest BCUT2D eigenvalue weighted by molar-refractivity contribution is -0.228. The Morgan fingerprint density at radius 1 is 1.15 bits per heavy atom. The number of esters is 1. The van der Waals surface area contributed by atoms with Crippen LogP contribution in [0.3, 0.4) is 0 Å². The average molecular weight is 575 g/mol. The largest absolute Gasteiger partial charge is 0.449 e. The van der Waals surface area contributed by atoms with Crippen molar-refractivity contribution in [2.24, 2.45) is 28.6 Å². The molecule has 6 nitrogen and oxygen atoms in total. The number of fused-ring (bicyclic) bond motifs is 5. The van der Waals surface area contributed by atoms with E-state index in [-0.39, 0.29) is 31.4 Å². The normalized spacial score (nSPS) is 41.9. The number of benzene rings is 1. The third kappa shape index (κ3) is 3.98. The zero-order valence-electron chi connectivity index (χ0n) is 23.2. The van der Waals surface area contributed by atoms with Crippen LogP contribution in [0, 0.1) is 28.6 Å². The van der Waals surface area contributed by atoms with Crippen molar-refractivity contribution in [3.63, 3.8) is 0 Å². The van der Waals surface area contributed by atoms with Crippen molar-refractivity contribution in [2.75, 3.05) is 0 Å². The summed E-state index contributed by atoms with van der Waals surface area (Å²) in [6.07, 6.45) is 0.464. The van der Waals surface area contributed by atoms with Gasteiger partial charge in [-0.15, -0.1) is 0 Å². The molecule has 1 aromatic rings. The topological polar surface area (TPSA) is 89.9 Å². The molecule has 0 bridgehead atoms. The second-order valence-electron chi connectivity index (χ2n) is 12.2. The quantitative estimate of drug-likeness (QED) is 0.348. The highest BCUT2D eigenvalue weighted by atomic mass is 32.2. The molecule has 3 fully saturated rings. The molecule has 0 aromatic heterocycles. The SMILES string of the molecule is CCC(=O)O[C@]1(C(=O)SOCc2ccccc2)[C@H](C)CC2C3C[C@H](F)C4=CC(=O)C=C[C@]4(C)[C@@]3(F)[C@@H](O)C[C@@]21C. The molecule has 216 valence electrons. The number of halogens is 2. The van der Waals surface area contributed by atoms with E-state index >= 15 is 8.78 Å². The van der Waals surface area contributed by atoms with Crippen molar-refractivity contribution in [2.45, 2.75) is 83.5 Å². The fourth-order valence-corrected chi connectivity index (χ4v) is 9.16. The number of allylic oxidation sites excluding steroid dienone is 4. The summed E-state index contributed by atoms with van der Waals surface area (Å²) in [5, 5.41) is 11.1. The smallest absolute Gasteiger partial charge is 0.306 e. The van der Waals surface area contributed by atoms with Crippen LogP contribution >= 0.6 is 12.0 Å². The van der Waals surface area contributed by atoms with Gasteiger partial charge in [0.1, 0.15) is 6.17 Å². The lowest BCUT2D eigenvalue weighted by Gasteiger charge is -2.63. The predicted molar refractivity (Wildman–Crippen MR) is 146 cm³/mol. The molecule has 5 rings (SSSR count). The van der Waals surface area contributed by atoms with Crippen molar-refractivity contribution in [3.05, 3.63) is 59.7 Å². The Morgan fingerprint density at radius 2 is 1.85 bits per heavy atom. The predicted octanol–water partition coefficient (Wildman–Crippen LogP) is 5.63. The van der Waals surface area contributed by atoms with Crippen LogP contribution in [0.4, 0.5) is 8.78 Å². The van der Waals surface area contributed by atoms with E-state index in [1.54, 1.807) is 20.8 Å². The van der Waals surface area contributed by atoms with Crippen LogP contribution in [0.1, 0.15) is 58.9 Å². The minimum atomic E-state index is -2.28. The number of hydrogen-bond acceptors (Lipinski definition) is 7. The fraction of sp³-hybridized carbons (Fsp3) is 0.581. The van der Waals surface area contributed by atoms with Gasteiger partial charge in [0.15, 0.2) is 17.1 Å². The van der Waals surface area contributed by atoms with E-state index in [2.05, 4.69) is 0 Å². The number of carbonyl (C=O) groups excluding carboxylic acids is 3. The summed E-state index contributed by atoms with van der Waals surface area (Å²) < 4.78 is 45.0. The molecule has 0 aliphatic heterocycles. The van der Waals surface area contributed by atoms with Gasteiger partial charge in [0.25, 0.3) is 5.12 Å². The third-order valence-corrected chi connectivity index (χ3v) is 10.9. The molecule has 4 aliphatic rings. The van der Waals surface area contributed by atoms with E-state index in [9.17, 15) is 19.5 Å². The number of alkyl halides is 2. The molecule has 1 N–H and O–H groups in total. The van der Waals surface area contributed by atoms with Gasteiger partial charge in [0, 0.05) is 29.1 Å². The van der Waals surface area contributed by atoms with E-state index in [1.165, 1.54) is 19.1 Å². The zero-order valence-corrected chi connectivity index (χ0v) is 24.0. The first-order chi connectivity index (χ1) is 18.8. The Morgan fingerprint density at radius 3 is 2.52 bits per heavy atom. The summed E-state index contributed by atoms with van der Waals surface area (Å²) in [5.74, 6) is -3.11. The summed E-state index contributed by atoms with van der Waals surface area (Å²) in [6.45, 7) is 6.85. The van der Waals surface area contributed by atoms with Crippen LogP contribution in [-0.2, 0) is 29.9 Å². The Balaban J connectivity index is 1.54.